The number of amides is 2. The molecule has 10 N–H and O–H groups in total. The zero-order chi connectivity index (χ0) is 23.6. The van der Waals surface area contributed by atoms with Crippen LogP contribution in [0.4, 0.5) is 11.4 Å². The Balaban J connectivity index is -0.0000000833. The zero-order valence-electron chi connectivity index (χ0n) is 20.9. The molecule has 0 spiro atoms. The van der Waals surface area contributed by atoms with Gasteiger partial charge < -0.3 is 61.3 Å². The van der Waals surface area contributed by atoms with Gasteiger partial charge in [0.2, 0.25) is 0 Å². The van der Waals surface area contributed by atoms with Crippen LogP contribution in [0.5, 0.6) is 0 Å². The molecule has 0 aromatic heterocycles. The summed E-state index contributed by atoms with van der Waals surface area (Å²) in [7, 11) is 17.0. The molecule has 1 rings (SSSR count). The largest absolute Gasteiger partial charge is 0.618 e. The van der Waals surface area contributed by atoms with Crippen LogP contribution in [0.15, 0.2) is 18.2 Å². The summed E-state index contributed by atoms with van der Waals surface area (Å²) in [5.74, 6) is -6.42. The van der Waals surface area contributed by atoms with Crippen molar-refractivity contribution in [1.29, 1.82) is 0 Å². The van der Waals surface area contributed by atoms with Gasteiger partial charge in [-0.05, 0) is 6.92 Å². The molecule has 14 nitrogen and oxygen atoms in total. The van der Waals surface area contributed by atoms with Crippen LogP contribution < -0.4 is 0 Å². The first-order chi connectivity index (χ1) is 12.8. The van der Waals surface area contributed by atoms with E-state index in [-0.39, 0.29) is 49.8 Å². The van der Waals surface area contributed by atoms with Crippen LogP contribution in [0.1, 0.15) is 5.56 Å². The first kappa shape index (κ1) is 48.7. The second kappa shape index (κ2) is 20.9. The summed E-state index contributed by atoms with van der Waals surface area (Å²) in [4.78, 5) is 42.7. The summed E-state index contributed by atoms with van der Waals surface area (Å²) in [6.07, 6.45) is 0. The molecule has 1 aromatic carbocycles. The molecule has 0 aliphatic carbocycles. The van der Waals surface area contributed by atoms with Crippen LogP contribution in [0.2, 0.25) is 0 Å². The van der Waals surface area contributed by atoms with Crippen molar-refractivity contribution in [3.8, 4) is 0 Å². The molecular formula is C19H40N4NiO10. The normalized spacial score (nSPS) is 8.85. The van der Waals surface area contributed by atoms with E-state index >= 15 is 0 Å². The van der Waals surface area contributed by atoms with Crippen molar-refractivity contribution >= 4 is 35.1 Å². The van der Waals surface area contributed by atoms with E-state index in [4.69, 9.17) is 10.2 Å². The smallest absolute Gasteiger partial charge is 0.353 e. The van der Waals surface area contributed by atoms with Crippen LogP contribution >= 0.6 is 0 Å². The van der Waals surface area contributed by atoms with Gasteiger partial charge in [-0.25, -0.2) is 9.59 Å². The average Bonchev–Trinajstić information content (AvgIpc) is 2.46. The molecule has 0 radical (unpaired) electrons. The van der Waals surface area contributed by atoms with Crippen molar-refractivity contribution in [3.63, 3.8) is 0 Å². The summed E-state index contributed by atoms with van der Waals surface area (Å²) in [5.41, 5.74) is 0.272. The Morgan fingerprint density at radius 3 is 1.18 bits per heavy atom. The Labute approximate surface area is 209 Å². The Morgan fingerprint density at radius 1 is 0.647 bits per heavy atom. The number of aryl methyl sites for hydroxylation is 1. The number of nitrogens with zero attached hydrogens (tertiary/aromatic N) is 4. The number of benzene rings is 1. The minimum absolute atomic E-state index is 0. The number of hydrogen-bond donors (Lipinski definition) is 2. The van der Waals surface area contributed by atoms with Crippen LogP contribution in [-0.2, 0) is 35.7 Å². The van der Waals surface area contributed by atoms with Gasteiger partial charge in [0.25, 0.3) is 0 Å². The molecule has 34 heavy (non-hydrogen) atoms. The molecular weight excluding hydrogens is 503 g/mol. The predicted octanol–water partition coefficient (Wildman–Crippen LogP) is -1.43. The molecule has 0 aliphatic rings. The molecule has 0 bridgehead atoms. The molecule has 0 heterocycles. The quantitative estimate of drug-likeness (QED) is 0.256. The molecule has 2 amide bonds. The standard InChI is InChI=1S/C11H10N2O6.2C4H12N.Ni.4H2O/c1-5-2-3-6(12-8(14)10(16)17)7(4-5)13-9(15)11(18)19;2*1-5(2,3)4;;;;;/h2-4H,1H3,(H4,12,13,14,15,16,17,18,19);2*1-4H3;;4*1H2/q;2*+1;;;;;/p-2. The van der Waals surface area contributed by atoms with Crippen molar-refractivity contribution in [2.24, 2.45) is 0 Å². The fourth-order valence-electron chi connectivity index (χ4n) is 1.13. The molecule has 206 valence electrons. The maximum Gasteiger partial charge on any atom is 0.353 e. The number of hydrogen-bond acceptors (Lipinski definition) is 4. The van der Waals surface area contributed by atoms with Gasteiger partial charge >= 0.3 is 11.9 Å². The topological polar surface area (TPSA) is 263 Å². The maximum absolute atomic E-state index is 11.0. The van der Waals surface area contributed by atoms with Gasteiger partial charge in [0, 0.05) is 16.5 Å². The Hall–Kier alpha value is -2.65. The number of aliphatic carboxylic acids is 2. The third kappa shape index (κ3) is 34.0. The molecule has 0 unspecified atom stereocenters. The predicted molar refractivity (Wildman–Crippen MR) is 125 cm³/mol. The van der Waals surface area contributed by atoms with E-state index < -0.39 is 23.8 Å². The fourth-order valence-corrected chi connectivity index (χ4v) is 1.13. The second-order valence-corrected chi connectivity index (χ2v) is 8.80. The van der Waals surface area contributed by atoms with Crippen molar-refractivity contribution in [1.82, 2.24) is 0 Å². The van der Waals surface area contributed by atoms with Crippen LogP contribution in [0, 0.1) is 6.92 Å². The second-order valence-electron chi connectivity index (χ2n) is 8.80. The van der Waals surface area contributed by atoms with Gasteiger partial charge in [-0.2, -0.15) is 0 Å². The Kier molecular flexibility index (Phi) is 30.0. The first-order valence-corrected chi connectivity index (χ1v) is 8.47. The Bertz CT molecular complexity index is 724. The Morgan fingerprint density at radius 2 is 0.912 bits per heavy atom. The third-order valence-corrected chi connectivity index (χ3v) is 1.94. The molecule has 0 saturated heterocycles. The molecule has 0 atom stereocenters. The number of rotatable bonds is 2. The minimum atomic E-state index is -1.77. The SMILES string of the molecule is C[N+](C)(C)C.C[N+](C)(C)C.Cc1ccc([N-]C(=O)C(=O)O)c([N-]C(=O)C(=O)O)c1.O.O.O.O.[Ni]. The number of quaternary nitrogens is 2. The molecule has 0 saturated carbocycles. The first-order valence-electron chi connectivity index (χ1n) is 8.47. The van der Waals surface area contributed by atoms with Crippen LogP contribution in [0.3, 0.4) is 0 Å². The molecule has 0 aliphatic heterocycles. The van der Waals surface area contributed by atoms with Gasteiger partial charge in [-0.1, -0.05) is 23.8 Å². The summed E-state index contributed by atoms with van der Waals surface area (Å²) >= 11 is 0. The molecule has 15 heteroatoms. The summed E-state index contributed by atoms with van der Waals surface area (Å²) in [6, 6.07) is 4.09. The zero-order valence-corrected chi connectivity index (χ0v) is 21.9. The van der Waals surface area contributed by atoms with E-state index in [2.05, 4.69) is 67.0 Å². The summed E-state index contributed by atoms with van der Waals surface area (Å²) < 4.78 is 2.00. The van der Waals surface area contributed by atoms with Crippen molar-refractivity contribution in [3.05, 3.63) is 34.4 Å². The molecule has 0 fully saturated rings. The summed E-state index contributed by atoms with van der Waals surface area (Å²) in [5, 5.41) is 23.4. The average molecular weight is 543 g/mol. The van der Waals surface area contributed by atoms with E-state index in [1.54, 1.807) is 6.92 Å². The number of carbonyl (C=O) groups excluding carboxylic acids is 2. The van der Waals surface area contributed by atoms with Gasteiger partial charge in [-0.15, -0.1) is 11.4 Å². The van der Waals surface area contributed by atoms with E-state index in [9.17, 15) is 19.2 Å². The fraction of sp³-hybridized carbons (Fsp3) is 0.474. The molecule has 1 aromatic rings. The van der Waals surface area contributed by atoms with Crippen LogP contribution in [0.25, 0.3) is 10.6 Å². The minimum Gasteiger partial charge on any atom is -0.618 e. The van der Waals surface area contributed by atoms with Crippen molar-refractivity contribution < 1.29 is 76.8 Å². The van der Waals surface area contributed by atoms with Crippen LogP contribution in [-0.4, -0.2) is 121 Å². The number of carboxylic acid groups (broad SMARTS) is 2. The number of carboxylic acids is 2. The van der Waals surface area contributed by atoms with E-state index in [1.807, 2.05) is 0 Å². The van der Waals surface area contributed by atoms with Gasteiger partial charge in [0.1, 0.15) is 0 Å². The van der Waals surface area contributed by atoms with E-state index in [1.165, 1.54) is 18.2 Å². The third-order valence-electron chi connectivity index (χ3n) is 1.94. The number of carbonyl (C=O) groups is 4. The van der Waals surface area contributed by atoms with Gasteiger partial charge in [-0.3, -0.25) is 0 Å². The van der Waals surface area contributed by atoms with Crippen molar-refractivity contribution in [2.75, 3.05) is 56.4 Å². The van der Waals surface area contributed by atoms with E-state index in [0.29, 0.717) is 5.56 Å². The monoisotopic (exact) mass is 542 g/mol. The maximum atomic E-state index is 11.0. The van der Waals surface area contributed by atoms with E-state index in [0.717, 1.165) is 8.97 Å². The van der Waals surface area contributed by atoms with Gasteiger partial charge in [0.15, 0.2) is 11.8 Å². The van der Waals surface area contributed by atoms with Gasteiger partial charge in [0.05, 0.1) is 56.4 Å². The van der Waals surface area contributed by atoms with Crippen molar-refractivity contribution in [2.45, 2.75) is 6.92 Å². The summed E-state index contributed by atoms with van der Waals surface area (Å²) in [6.45, 7) is 1.65.